The average Bonchev–Trinajstić information content (AvgIpc) is 3.83. The van der Waals surface area contributed by atoms with Crippen LogP contribution < -0.4 is 9.47 Å². The highest BCUT2D eigenvalue weighted by molar-refractivity contribution is 8.03. The van der Waals surface area contributed by atoms with Crippen molar-refractivity contribution in [1.82, 2.24) is 0 Å². The van der Waals surface area contributed by atoms with Gasteiger partial charge in [0.05, 0.1) is 33.9 Å². The van der Waals surface area contributed by atoms with Gasteiger partial charge < -0.3 is 9.32 Å². The van der Waals surface area contributed by atoms with Crippen molar-refractivity contribution in [2.24, 2.45) is 0 Å². The minimum atomic E-state index is -4.13. The quantitative estimate of drug-likeness (QED) is 0.0970. The molecule has 2 aliphatic rings. The predicted octanol–water partition coefficient (Wildman–Crippen LogP) is 9.64. The molecule has 0 bridgehead atoms. The average molecular weight is 820 g/mol. The Balaban J connectivity index is 1.23. The van der Waals surface area contributed by atoms with Crippen molar-refractivity contribution >= 4 is 98.7 Å². The van der Waals surface area contributed by atoms with Gasteiger partial charge in [-0.2, -0.15) is 21.4 Å². The van der Waals surface area contributed by atoms with E-state index in [9.17, 15) is 25.9 Å². The number of fused-ring (bicyclic) bond motifs is 6. The van der Waals surface area contributed by atoms with Crippen LogP contribution in [-0.4, -0.2) is 44.0 Å². The lowest BCUT2D eigenvalue weighted by Crippen LogP contribution is -2.36. The molecule has 1 unspecified atom stereocenters. The maximum atomic E-state index is 11.7. The van der Waals surface area contributed by atoms with Gasteiger partial charge in [0.15, 0.2) is 6.54 Å². The summed E-state index contributed by atoms with van der Waals surface area (Å²) in [4.78, 5) is 3.25. The molecule has 1 aliphatic heterocycles. The lowest BCUT2D eigenvalue weighted by molar-refractivity contribution is -0.667. The Morgan fingerprint density at radius 3 is 2.44 bits per heavy atom. The molecule has 0 spiro atoms. The summed E-state index contributed by atoms with van der Waals surface area (Å²) in [6.45, 7) is 0.788. The Morgan fingerprint density at radius 1 is 0.870 bits per heavy atom. The van der Waals surface area contributed by atoms with Gasteiger partial charge in [0.1, 0.15) is 10.3 Å². The summed E-state index contributed by atoms with van der Waals surface area (Å²) >= 11 is 9.57. The van der Waals surface area contributed by atoms with Gasteiger partial charge in [0, 0.05) is 34.3 Å². The Labute approximate surface area is 326 Å². The highest BCUT2D eigenvalue weighted by Gasteiger charge is 2.30. The topological polar surface area (TPSA) is 129 Å². The second-order valence-corrected chi connectivity index (χ2v) is 19.3. The molecule has 9 nitrogen and oxygen atoms in total. The molecule has 0 radical (unpaired) electrons. The lowest BCUT2D eigenvalue weighted by Gasteiger charge is -2.26. The Morgan fingerprint density at radius 2 is 1.65 bits per heavy atom. The van der Waals surface area contributed by atoms with Gasteiger partial charge in [-0.3, -0.25) is 9.11 Å². The number of thioether (sulfide) groups is 1. The number of nitrogens with zero attached hydrogens (tertiary/aromatic N) is 2. The molecule has 14 heteroatoms. The smallest absolute Gasteiger partial charge is 0.265 e. The minimum Gasteiger partial charge on any atom is -0.464 e. The first-order valence-electron chi connectivity index (χ1n) is 17.5. The van der Waals surface area contributed by atoms with Crippen LogP contribution in [0.2, 0.25) is 5.02 Å². The molecule has 0 amide bonds. The molecular formula is C40H36ClN2O7S4+. The SMILES string of the molecule is O=S(=O)(O)CCCN1/C(=C/C2=CC(=C/c3sc4ccc5occc5c4[n+]3CCCS(=O)(=O)O)/CC(c3ccc(Cl)cc3)C2)Sc2ccc3ccccc3c21. The number of furan rings is 1. The third kappa shape index (κ3) is 8.04. The number of hydrogen-bond acceptors (Lipinski definition) is 8. The summed E-state index contributed by atoms with van der Waals surface area (Å²) in [5, 5.41) is 5.68. The molecule has 2 N–H and O–H groups in total. The van der Waals surface area contributed by atoms with Gasteiger partial charge in [-0.15, -0.1) is 0 Å². The van der Waals surface area contributed by atoms with Crippen LogP contribution in [0.5, 0.6) is 0 Å². The second kappa shape index (κ2) is 14.9. The fraction of sp³-hybridized carbons (Fsp3) is 0.225. The van der Waals surface area contributed by atoms with E-state index < -0.39 is 20.2 Å². The number of aryl methyl sites for hydroxylation is 1. The van der Waals surface area contributed by atoms with Crippen LogP contribution in [0.4, 0.5) is 5.69 Å². The lowest BCUT2D eigenvalue weighted by atomic mass is 9.81. The number of rotatable bonds is 11. The summed E-state index contributed by atoms with van der Waals surface area (Å²) < 4.78 is 74.7. The number of thiazole rings is 1. The van der Waals surface area contributed by atoms with Crippen molar-refractivity contribution in [3.8, 4) is 0 Å². The number of anilines is 1. The Kier molecular flexibility index (Phi) is 10.2. The van der Waals surface area contributed by atoms with E-state index in [1.807, 2.05) is 42.5 Å². The Bertz CT molecular complexity index is 2730. The van der Waals surface area contributed by atoms with Crippen LogP contribution in [0.1, 0.15) is 42.2 Å². The molecule has 6 aromatic rings. The number of benzene rings is 4. The van der Waals surface area contributed by atoms with Crippen LogP contribution in [0.25, 0.3) is 38.0 Å². The van der Waals surface area contributed by atoms with E-state index in [-0.39, 0.29) is 30.3 Å². The van der Waals surface area contributed by atoms with Gasteiger partial charge in [0.25, 0.3) is 25.2 Å². The molecule has 8 rings (SSSR count). The standard InChI is InChI=1S/C40H35ClN2O7S4/c41-31-10-7-28(8-11-31)30-22-26(24-37-42(16-3-19-53(44,45)46)39-32-6-2-1-5-29(32)9-13-35(39)51-37)21-27(23-30)25-38-43(17-4-20-54(47,48)49)40-33-15-18-50-34(33)12-14-36(40)52-38/h1-2,5-15,18,21,24-25,30H,3-4,16-17,19-20,22-23H2,(H-,44,45,46,47,48,49)/p+1. The molecule has 278 valence electrons. The van der Waals surface area contributed by atoms with Gasteiger partial charge >= 0.3 is 0 Å². The molecule has 2 aromatic heterocycles. The highest BCUT2D eigenvalue weighted by Crippen LogP contribution is 2.50. The summed E-state index contributed by atoms with van der Waals surface area (Å²) in [7, 11) is -8.25. The molecule has 4 aromatic carbocycles. The van der Waals surface area contributed by atoms with E-state index in [0.717, 1.165) is 82.1 Å². The zero-order valence-corrected chi connectivity index (χ0v) is 32.9. The molecule has 3 heterocycles. The van der Waals surface area contributed by atoms with E-state index in [0.29, 0.717) is 18.1 Å². The molecule has 0 fully saturated rings. The Hall–Kier alpha value is -3.95. The van der Waals surface area contributed by atoms with Gasteiger partial charge in [0.2, 0.25) is 5.52 Å². The third-order valence-corrected chi connectivity index (χ3v) is 13.9. The van der Waals surface area contributed by atoms with Gasteiger partial charge in [-0.25, -0.2) is 0 Å². The monoisotopic (exact) mass is 819 g/mol. The maximum absolute atomic E-state index is 11.7. The number of hydrogen-bond donors (Lipinski definition) is 2. The number of allylic oxidation sites excluding steroid dienone is 4. The molecule has 1 atom stereocenters. The first kappa shape index (κ1) is 37.0. The van der Waals surface area contributed by atoms with E-state index >= 15 is 0 Å². The van der Waals surface area contributed by atoms with Crippen molar-refractivity contribution in [1.29, 1.82) is 0 Å². The number of aromatic nitrogens is 1. The van der Waals surface area contributed by atoms with Crippen LogP contribution >= 0.6 is 34.7 Å². The van der Waals surface area contributed by atoms with Crippen LogP contribution in [0, 0.1) is 0 Å². The highest BCUT2D eigenvalue weighted by atomic mass is 35.5. The van der Waals surface area contributed by atoms with Crippen molar-refractivity contribution in [2.45, 2.75) is 43.0 Å². The van der Waals surface area contributed by atoms with E-state index in [2.05, 4.69) is 64.1 Å². The summed E-state index contributed by atoms with van der Waals surface area (Å²) in [5.41, 5.74) is 6.07. The summed E-state index contributed by atoms with van der Waals surface area (Å²) in [6.07, 6.45) is 10.3. The number of halogens is 1. The van der Waals surface area contributed by atoms with E-state index in [1.165, 1.54) is 0 Å². The van der Waals surface area contributed by atoms with Gasteiger partial charge in [-0.05, 0) is 89.8 Å². The second-order valence-electron chi connectivity index (χ2n) is 13.6. The molecule has 1 aliphatic carbocycles. The van der Waals surface area contributed by atoms with Gasteiger partial charge in [-0.1, -0.05) is 83.2 Å². The van der Waals surface area contributed by atoms with Crippen molar-refractivity contribution in [3.05, 3.63) is 129 Å². The largest absolute Gasteiger partial charge is 0.464 e. The molecule has 0 saturated heterocycles. The molecule has 0 saturated carbocycles. The predicted molar refractivity (Wildman–Crippen MR) is 219 cm³/mol. The fourth-order valence-corrected chi connectivity index (χ4v) is 11.0. The zero-order valence-electron chi connectivity index (χ0n) is 28.9. The van der Waals surface area contributed by atoms with Crippen molar-refractivity contribution in [3.63, 3.8) is 0 Å². The minimum absolute atomic E-state index is 0.135. The normalized spacial score (nSPS) is 18.0. The van der Waals surface area contributed by atoms with Crippen LogP contribution in [0.15, 0.2) is 123 Å². The van der Waals surface area contributed by atoms with Crippen LogP contribution in [-0.2, 0) is 26.8 Å². The first-order chi connectivity index (χ1) is 25.9. The first-order valence-corrected chi connectivity index (χ1v) is 22.7. The fourth-order valence-electron chi connectivity index (χ4n) is 7.48. The summed E-state index contributed by atoms with van der Waals surface area (Å²) in [5.74, 6) is -0.544. The van der Waals surface area contributed by atoms with Crippen LogP contribution in [0.3, 0.4) is 0 Å². The molecular weight excluding hydrogens is 784 g/mol. The third-order valence-electron chi connectivity index (χ3n) is 9.80. The van der Waals surface area contributed by atoms with E-state index in [4.69, 9.17) is 16.0 Å². The summed E-state index contributed by atoms with van der Waals surface area (Å²) in [6, 6.07) is 26.2. The van der Waals surface area contributed by atoms with Crippen molar-refractivity contribution in [2.75, 3.05) is 23.0 Å². The molecule has 54 heavy (non-hydrogen) atoms. The zero-order chi connectivity index (χ0) is 37.6. The van der Waals surface area contributed by atoms with Crippen molar-refractivity contribution < 1.29 is 34.9 Å². The van der Waals surface area contributed by atoms with E-state index in [1.54, 1.807) is 29.4 Å². The maximum Gasteiger partial charge on any atom is 0.265 e.